The molecule has 3 aromatic heterocycles. The minimum absolute atomic E-state index is 0.226. The summed E-state index contributed by atoms with van der Waals surface area (Å²) in [5, 5.41) is 11.5. The summed E-state index contributed by atoms with van der Waals surface area (Å²) < 4.78 is 6.92. The topological polar surface area (TPSA) is 98.7 Å². The summed E-state index contributed by atoms with van der Waals surface area (Å²) in [6, 6.07) is 9.33. The fraction of sp³-hybridized carbons (Fsp3) is 0.167. The zero-order valence-corrected chi connectivity index (χ0v) is 14.3. The van der Waals surface area contributed by atoms with Crippen LogP contribution in [0.4, 0.5) is 5.69 Å². The second-order valence-electron chi connectivity index (χ2n) is 6.00. The zero-order chi connectivity index (χ0) is 18.1. The van der Waals surface area contributed by atoms with Crippen LogP contribution >= 0.6 is 0 Å². The standard InChI is InChI=1S/C18H16N6O2/c1-11-7-15(16-12(2)23-26-18(16)21-11)17(25)22-14-5-3-13(4-6-14)8-24-10-19-9-20-24/h3-7,9-10H,8H2,1-2H3,(H,22,25). The Bertz CT molecular complexity index is 1070. The number of carbonyl (C=O) groups excluding carboxylic acids is 1. The lowest BCUT2D eigenvalue weighted by atomic mass is 10.1. The summed E-state index contributed by atoms with van der Waals surface area (Å²) >= 11 is 0. The third kappa shape index (κ3) is 3.04. The predicted octanol–water partition coefficient (Wildman–Crippen LogP) is 2.73. The number of pyridine rings is 1. The maximum absolute atomic E-state index is 12.7. The lowest BCUT2D eigenvalue weighted by molar-refractivity contribution is 0.102. The molecule has 1 N–H and O–H groups in total. The monoisotopic (exact) mass is 348 g/mol. The Hall–Kier alpha value is -3.55. The average molecular weight is 348 g/mol. The molecule has 0 aliphatic heterocycles. The Morgan fingerprint density at radius 2 is 2.04 bits per heavy atom. The lowest BCUT2D eigenvalue weighted by Gasteiger charge is -2.08. The molecule has 0 radical (unpaired) electrons. The smallest absolute Gasteiger partial charge is 0.258 e. The molecule has 0 aliphatic carbocycles. The van der Waals surface area contributed by atoms with Crippen LogP contribution in [0, 0.1) is 13.8 Å². The Morgan fingerprint density at radius 3 is 2.77 bits per heavy atom. The normalized spacial score (nSPS) is 11.0. The van der Waals surface area contributed by atoms with Gasteiger partial charge in [0.2, 0.25) is 0 Å². The fourth-order valence-electron chi connectivity index (χ4n) is 2.79. The van der Waals surface area contributed by atoms with Crippen molar-refractivity contribution in [2.45, 2.75) is 20.4 Å². The van der Waals surface area contributed by atoms with Crippen LogP contribution in [0.5, 0.6) is 0 Å². The third-order valence-corrected chi connectivity index (χ3v) is 4.01. The van der Waals surface area contributed by atoms with Crippen LogP contribution < -0.4 is 5.32 Å². The first-order valence-electron chi connectivity index (χ1n) is 8.06. The van der Waals surface area contributed by atoms with Crippen LogP contribution in [0.25, 0.3) is 11.1 Å². The highest BCUT2D eigenvalue weighted by molar-refractivity contribution is 6.12. The van der Waals surface area contributed by atoms with Crippen LogP contribution in [0.15, 0.2) is 47.5 Å². The highest BCUT2D eigenvalue weighted by Gasteiger charge is 2.17. The van der Waals surface area contributed by atoms with E-state index in [0.717, 1.165) is 5.56 Å². The molecule has 3 heterocycles. The molecule has 4 aromatic rings. The summed E-state index contributed by atoms with van der Waals surface area (Å²) in [7, 11) is 0. The summed E-state index contributed by atoms with van der Waals surface area (Å²) in [5.41, 5.74) is 3.97. The molecule has 0 saturated heterocycles. The van der Waals surface area contributed by atoms with Gasteiger partial charge in [-0.1, -0.05) is 17.3 Å². The second kappa shape index (κ2) is 6.40. The van der Waals surface area contributed by atoms with Gasteiger partial charge in [0, 0.05) is 11.4 Å². The van der Waals surface area contributed by atoms with Crippen molar-refractivity contribution in [3.63, 3.8) is 0 Å². The number of hydrogen-bond donors (Lipinski definition) is 1. The van der Waals surface area contributed by atoms with Gasteiger partial charge in [-0.3, -0.25) is 4.79 Å². The van der Waals surface area contributed by atoms with E-state index in [0.29, 0.717) is 40.3 Å². The number of aryl methyl sites for hydroxylation is 2. The molecule has 130 valence electrons. The quantitative estimate of drug-likeness (QED) is 0.609. The number of nitrogens with one attached hydrogen (secondary N) is 1. The molecule has 1 aromatic carbocycles. The number of aromatic nitrogens is 5. The van der Waals surface area contributed by atoms with E-state index in [1.807, 2.05) is 31.2 Å². The molecule has 0 spiro atoms. The van der Waals surface area contributed by atoms with Crippen molar-refractivity contribution >= 4 is 22.7 Å². The van der Waals surface area contributed by atoms with E-state index >= 15 is 0 Å². The summed E-state index contributed by atoms with van der Waals surface area (Å²) in [6.07, 6.45) is 3.16. The van der Waals surface area contributed by atoms with Crippen molar-refractivity contribution in [2.75, 3.05) is 5.32 Å². The first kappa shape index (κ1) is 15.9. The SMILES string of the molecule is Cc1cc(C(=O)Nc2ccc(Cn3cncn3)cc2)c2c(C)noc2n1. The van der Waals surface area contributed by atoms with Crippen molar-refractivity contribution < 1.29 is 9.32 Å². The predicted molar refractivity (Wildman–Crippen MR) is 94.8 cm³/mol. The number of nitrogens with zero attached hydrogens (tertiary/aromatic N) is 5. The molecule has 8 heteroatoms. The number of rotatable bonds is 4. The van der Waals surface area contributed by atoms with Gasteiger partial charge in [0.1, 0.15) is 12.7 Å². The molecular weight excluding hydrogens is 332 g/mol. The number of hydrogen-bond acceptors (Lipinski definition) is 6. The number of amides is 1. The molecule has 0 saturated carbocycles. The van der Waals surface area contributed by atoms with Crippen LogP contribution in [0.3, 0.4) is 0 Å². The van der Waals surface area contributed by atoms with Crippen LogP contribution in [-0.4, -0.2) is 30.8 Å². The Kier molecular flexibility index (Phi) is 3.92. The molecule has 4 rings (SSSR count). The minimum Gasteiger partial charge on any atom is -0.336 e. The van der Waals surface area contributed by atoms with Gasteiger partial charge in [0.05, 0.1) is 23.2 Å². The highest BCUT2D eigenvalue weighted by atomic mass is 16.5. The third-order valence-electron chi connectivity index (χ3n) is 4.01. The fourth-order valence-corrected chi connectivity index (χ4v) is 2.79. The van der Waals surface area contributed by atoms with Crippen molar-refractivity contribution in [2.24, 2.45) is 0 Å². The van der Waals surface area contributed by atoms with Gasteiger partial charge in [0.25, 0.3) is 11.6 Å². The van der Waals surface area contributed by atoms with Crippen molar-refractivity contribution in [1.29, 1.82) is 0 Å². The number of carbonyl (C=O) groups is 1. The first-order valence-corrected chi connectivity index (χ1v) is 8.06. The van der Waals surface area contributed by atoms with E-state index in [1.165, 1.54) is 6.33 Å². The maximum Gasteiger partial charge on any atom is 0.258 e. The van der Waals surface area contributed by atoms with Gasteiger partial charge in [0.15, 0.2) is 0 Å². The van der Waals surface area contributed by atoms with Crippen molar-refractivity contribution in [1.82, 2.24) is 24.9 Å². The molecule has 0 unspecified atom stereocenters. The first-order chi connectivity index (χ1) is 12.6. The average Bonchev–Trinajstić information content (AvgIpc) is 3.26. The van der Waals surface area contributed by atoms with E-state index in [-0.39, 0.29) is 5.91 Å². The van der Waals surface area contributed by atoms with E-state index < -0.39 is 0 Å². The van der Waals surface area contributed by atoms with Gasteiger partial charge in [-0.2, -0.15) is 5.10 Å². The van der Waals surface area contributed by atoms with Gasteiger partial charge in [-0.15, -0.1) is 0 Å². The van der Waals surface area contributed by atoms with E-state index in [2.05, 4.69) is 25.5 Å². The summed E-state index contributed by atoms with van der Waals surface area (Å²) in [6.45, 7) is 4.23. The van der Waals surface area contributed by atoms with Crippen molar-refractivity contribution in [3.8, 4) is 0 Å². The molecule has 8 nitrogen and oxygen atoms in total. The molecule has 0 atom stereocenters. The Balaban J connectivity index is 1.56. The molecule has 26 heavy (non-hydrogen) atoms. The number of fused-ring (bicyclic) bond motifs is 1. The molecule has 1 amide bonds. The molecular formula is C18H16N6O2. The van der Waals surface area contributed by atoms with Crippen molar-refractivity contribution in [3.05, 3.63) is 65.5 Å². The minimum atomic E-state index is -0.226. The lowest BCUT2D eigenvalue weighted by Crippen LogP contribution is -2.13. The van der Waals surface area contributed by atoms with E-state index in [9.17, 15) is 4.79 Å². The van der Waals surface area contributed by atoms with Gasteiger partial charge in [-0.05, 0) is 37.6 Å². The maximum atomic E-state index is 12.7. The number of anilines is 1. The largest absolute Gasteiger partial charge is 0.336 e. The molecule has 0 fully saturated rings. The van der Waals surface area contributed by atoms with Gasteiger partial charge < -0.3 is 9.84 Å². The zero-order valence-electron chi connectivity index (χ0n) is 14.3. The van der Waals surface area contributed by atoms with Crippen LogP contribution in [0.2, 0.25) is 0 Å². The summed E-state index contributed by atoms with van der Waals surface area (Å²) in [4.78, 5) is 20.9. The van der Waals surface area contributed by atoms with Gasteiger partial charge in [-0.25, -0.2) is 14.6 Å². The van der Waals surface area contributed by atoms with E-state index in [1.54, 1.807) is 24.0 Å². The Labute approximate surface area is 148 Å². The van der Waals surface area contributed by atoms with Crippen LogP contribution in [-0.2, 0) is 6.54 Å². The second-order valence-corrected chi connectivity index (χ2v) is 6.00. The Morgan fingerprint density at radius 1 is 1.23 bits per heavy atom. The summed E-state index contributed by atoms with van der Waals surface area (Å²) in [5.74, 6) is -0.226. The number of benzene rings is 1. The highest BCUT2D eigenvalue weighted by Crippen LogP contribution is 2.23. The molecule has 0 bridgehead atoms. The van der Waals surface area contributed by atoms with Gasteiger partial charge >= 0.3 is 0 Å². The molecule has 0 aliphatic rings. The van der Waals surface area contributed by atoms with E-state index in [4.69, 9.17) is 4.52 Å². The van der Waals surface area contributed by atoms with Crippen LogP contribution in [0.1, 0.15) is 27.3 Å².